The average Bonchev–Trinajstić information content (AvgIpc) is 2.13. The van der Waals surface area contributed by atoms with E-state index in [2.05, 4.69) is 46.4 Å². The second-order valence-corrected chi connectivity index (χ2v) is 6.87. The minimum atomic E-state index is -0.0644. The fourth-order valence-corrected chi connectivity index (χ4v) is 3.09. The molecule has 102 valence electrons. The predicted octanol–water partition coefficient (Wildman–Crippen LogP) is 2.25. The molecule has 0 aliphatic carbocycles. The van der Waals surface area contributed by atoms with Crippen LogP contribution in [0.5, 0.6) is 0 Å². The molecule has 1 rings (SSSR count). The first kappa shape index (κ1) is 14.9. The van der Waals surface area contributed by atoms with Crippen LogP contribution in [0.15, 0.2) is 0 Å². The lowest BCUT2D eigenvalue weighted by Crippen LogP contribution is -2.62. The lowest BCUT2D eigenvalue weighted by Gasteiger charge is -2.50. The molecule has 2 atom stereocenters. The molecule has 1 aliphatic rings. The fraction of sp³-hybridized carbons (Fsp3) is 1.00. The highest BCUT2D eigenvalue weighted by Gasteiger charge is 2.40. The summed E-state index contributed by atoms with van der Waals surface area (Å²) in [7, 11) is 0. The zero-order chi connectivity index (χ0) is 13.3. The third kappa shape index (κ3) is 3.94. The van der Waals surface area contributed by atoms with E-state index in [4.69, 9.17) is 10.5 Å². The summed E-state index contributed by atoms with van der Waals surface area (Å²) in [6.07, 6.45) is 1.43. The van der Waals surface area contributed by atoms with Crippen molar-refractivity contribution in [2.24, 2.45) is 11.7 Å². The van der Waals surface area contributed by atoms with Gasteiger partial charge < -0.3 is 10.5 Å². The van der Waals surface area contributed by atoms with E-state index in [9.17, 15) is 0 Å². The van der Waals surface area contributed by atoms with Crippen molar-refractivity contribution in [1.82, 2.24) is 4.90 Å². The molecule has 17 heavy (non-hydrogen) atoms. The smallest absolute Gasteiger partial charge is 0.0757 e. The van der Waals surface area contributed by atoms with Gasteiger partial charge in [0.25, 0.3) is 0 Å². The lowest BCUT2D eigenvalue weighted by molar-refractivity contribution is -0.152. The van der Waals surface area contributed by atoms with Gasteiger partial charge in [0, 0.05) is 25.2 Å². The van der Waals surface area contributed by atoms with Crippen molar-refractivity contribution in [3.8, 4) is 0 Å². The molecular formula is C14H30N2O. The van der Waals surface area contributed by atoms with Crippen LogP contribution in [0.2, 0.25) is 0 Å². The normalized spacial score (nSPS) is 29.3. The van der Waals surface area contributed by atoms with E-state index in [1.54, 1.807) is 0 Å². The quantitative estimate of drug-likeness (QED) is 0.822. The predicted molar refractivity (Wildman–Crippen MR) is 73.1 cm³/mol. The Morgan fingerprint density at radius 1 is 1.47 bits per heavy atom. The van der Waals surface area contributed by atoms with E-state index in [1.807, 2.05) is 0 Å². The largest absolute Gasteiger partial charge is 0.370 e. The monoisotopic (exact) mass is 242 g/mol. The second kappa shape index (κ2) is 5.25. The van der Waals surface area contributed by atoms with E-state index in [-0.39, 0.29) is 17.2 Å². The standard InChI is InChI=1S/C14H30N2O/c1-11(2)7-14(6,9-15)16-8-12(3)17-13(4,5)10-16/h11-12H,7-10,15H2,1-6H3. The van der Waals surface area contributed by atoms with Crippen molar-refractivity contribution in [1.29, 1.82) is 0 Å². The van der Waals surface area contributed by atoms with Gasteiger partial charge in [0.1, 0.15) is 0 Å². The van der Waals surface area contributed by atoms with Gasteiger partial charge >= 0.3 is 0 Å². The summed E-state index contributed by atoms with van der Waals surface area (Å²) in [5, 5.41) is 0. The molecule has 0 bridgehead atoms. The first-order valence-electron chi connectivity index (χ1n) is 6.81. The van der Waals surface area contributed by atoms with Gasteiger partial charge in [-0.15, -0.1) is 0 Å². The van der Waals surface area contributed by atoms with Gasteiger partial charge in [-0.1, -0.05) is 13.8 Å². The summed E-state index contributed by atoms with van der Waals surface area (Å²) in [5.41, 5.74) is 6.07. The summed E-state index contributed by atoms with van der Waals surface area (Å²) in [4.78, 5) is 2.53. The Hall–Kier alpha value is -0.120. The summed E-state index contributed by atoms with van der Waals surface area (Å²) in [6, 6.07) is 0. The van der Waals surface area contributed by atoms with Gasteiger partial charge in [-0.3, -0.25) is 4.90 Å². The topological polar surface area (TPSA) is 38.5 Å². The van der Waals surface area contributed by atoms with Crippen LogP contribution in [0, 0.1) is 5.92 Å². The highest BCUT2D eigenvalue weighted by Crippen LogP contribution is 2.30. The van der Waals surface area contributed by atoms with Crippen LogP contribution in [-0.2, 0) is 4.74 Å². The van der Waals surface area contributed by atoms with Crippen LogP contribution in [-0.4, -0.2) is 41.8 Å². The van der Waals surface area contributed by atoms with E-state index in [0.29, 0.717) is 12.5 Å². The summed E-state index contributed by atoms with van der Waals surface area (Å²) < 4.78 is 5.97. The molecule has 1 fully saturated rings. The molecule has 0 aromatic carbocycles. The molecule has 2 N–H and O–H groups in total. The van der Waals surface area contributed by atoms with Crippen molar-refractivity contribution >= 4 is 0 Å². The second-order valence-electron chi connectivity index (χ2n) is 6.87. The van der Waals surface area contributed by atoms with Crippen LogP contribution in [0.3, 0.4) is 0 Å². The number of morpholine rings is 1. The van der Waals surface area contributed by atoms with Crippen molar-refractivity contribution in [3.05, 3.63) is 0 Å². The molecule has 1 aliphatic heterocycles. The van der Waals surface area contributed by atoms with Crippen LogP contribution in [0.1, 0.15) is 48.0 Å². The van der Waals surface area contributed by atoms with Gasteiger partial charge in [0.2, 0.25) is 0 Å². The zero-order valence-corrected chi connectivity index (χ0v) is 12.4. The maximum Gasteiger partial charge on any atom is 0.0757 e. The highest BCUT2D eigenvalue weighted by atomic mass is 16.5. The Balaban J connectivity index is 2.80. The highest BCUT2D eigenvalue weighted by molar-refractivity contribution is 4.94. The molecule has 0 amide bonds. The molecule has 2 unspecified atom stereocenters. The number of nitrogens with two attached hydrogens (primary N) is 1. The van der Waals surface area contributed by atoms with E-state index < -0.39 is 0 Å². The number of rotatable bonds is 4. The minimum Gasteiger partial charge on any atom is -0.370 e. The maximum absolute atomic E-state index is 6.04. The van der Waals surface area contributed by atoms with Crippen LogP contribution < -0.4 is 5.73 Å². The number of ether oxygens (including phenoxy) is 1. The van der Waals surface area contributed by atoms with E-state index >= 15 is 0 Å². The van der Waals surface area contributed by atoms with Gasteiger partial charge in [-0.2, -0.15) is 0 Å². The van der Waals surface area contributed by atoms with E-state index in [1.165, 1.54) is 0 Å². The molecule has 0 aromatic heterocycles. The fourth-order valence-electron chi connectivity index (χ4n) is 3.09. The molecule has 0 aromatic rings. The molecule has 1 heterocycles. The van der Waals surface area contributed by atoms with Gasteiger partial charge in [-0.05, 0) is 40.0 Å². The number of nitrogens with zero attached hydrogens (tertiary/aromatic N) is 1. The third-order valence-corrected chi connectivity index (χ3v) is 3.62. The first-order chi connectivity index (χ1) is 7.68. The zero-order valence-electron chi connectivity index (χ0n) is 12.4. The van der Waals surface area contributed by atoms with Crippen molar-refractivity contribution in [2.45, 2.75) is 65.2 Å². The van der Waals surface area contributed by atoms with Crippen LogP contribution >= 0.6 is 0 Å². The van der Waals surface area contributed by atoms with Crippen LogP contribution in [0.25, 0.3) is 0 Å². The Labute approximate surface area is 107 Å². The molecule has 0 radical (unpaired) electrons. The maximum atomic E-state index is 6.04. The van der Waals surface area contributed by atoms with Crippen LogP contribution in [0.4, 0.5) is 0 Å². The van der Waals surface area contributed by atoms with Crippen molar-refractivity contribution in [3.63, 3.8) is 0 Å². The summed E-state index contributed by atoms with van der Waals surface area (Å²) in [5.74, 6) is 0.671. The molecule has 3 heteroatoms. The Morgan fingerprint density at radius 3 is 2.47 bits per heavy atom. The van der Waals surface area contributed by atoms with Gasteiger partial charge in [0.15, 0.2) is 0 Å². The van der Waals surface area contributed by atoms with Crippen molar-refractivity contribution in [2.75, 3.05) is 19.6 Å². The lowest BCUT2D eigenvalue weighted by atomic mass is 9.87. The van der Waals surface area contributed by atoms with Crippen molar-refractivity contribution < 1.29 is 4.74 Å². The van der Waals surface area contributed by atoms with E-state index in [0.717, 1.165) is 19.5 Å². The first-order valence-corrected chi connectivity index (χ1v) is 6.81. The Morgan fingerprint density at radius 2 is 2.06 bits per heavy atom. The number of hydrogen-bond donors (Lipinski definition) is 1. The third-order valence-electron chi connectivity index (χ3n) is 3.62. The average molecular weight is 242 g/mol. The minimum absolute atomic E-state index is 0.0644. The summed E-state index contributed by atoms with van der Waals surface area (Å²) in [6.45, 7) is 16.0. The molecule has 1 saturated heterocycles. The Kier molecular flexibility index (Phi) is 4.61. The Bertz CT molecular complexity index is 253. The molecule has 0 spiro atoms. The number of hydrogen-bond acceptors (Lipinski definition) is 3. The molecule has 3 nitrogen and oxygen atoms in total. The molecular weight excluding hydrogens is 212 g/mol. The summed E-state index contributed by atoms with van der Waals surface area (Å²) >= 11 is 0. The van der Waals surface area contributed by atoms with Gasteiger partial charge in [0.05, 0.1) is 11.7 Å². The SMILES string of the molecule is CC(C)CC(C)(CN)N1CC(C)OC(C)(C)C1. The van der Waals surface area contributed by atoms with Gasteiger partial charge in [-0.25, -0.2) is 0 Å². The molecule has 0 saturated carbocycles.